The average Bonchev–Trinajstić information content (AvgIpc) is 2.87. The number of nitrogens with one attached hydrogen (secondary N) is 2. The lowest BCUT2D eigenvalue weighted by molar-refractivity contribution is -0.132. The van der Waals surface area contributed by atoms with E-state index in [1.807, 2.05) is 55.8 Å². The maximum Gasteiger partial charge on any atom is 0.390 e. The number of aryl methyl sites for hydroxylation is 1. The normalized spacial score (nSPS) is 11.9. The number of benzene rings is 1. The Balaban J connectivity index is 0.00000364. The number of alkyl halides is 3. The molecule has 0 amide bonds. The van der Waals surface area contributed by atoms with E-state index in [1.165, 1.54) is 0 Å². The van der Waals surface area contributed by atoms with Gasteiger partial charge in [0.1, 0.15) is 0 Å². The molecule has 27 heavy (non-hydrogen) atoms. The minimum Gasteiger partial charge on any atom is -0.357 e. The van der Waals surface area contributed by atoms with Crippen LogP contribution in [-0.4, -0.2) is 35.0 Å². The number of hydrogen-bond donors (Lipinski definition) is 2. The average molecular weight is 495 g/mol. The Bertz CT molecular complexity index is 741. The second-order valence-electron chi connectivity index (χ2n) is 5.88. The molecule has 0 bridgehead atoms. The minimum atomic E-state index is -4.19. The summed E-state index contributed by atoms with van der Waals surface area (Å²) in [5.74, 6) is 0.364. The van der Waals surface area contributed by atoms with E-state index in [4.69, 9.17) is 0 Å². The smallest absolute Gasteiger partial charge is 0.357 e. The van der Waals surface area contributed by atoms with E-state index in [1.54, 1.807) is 0 Å². The highest BCUT2D eigenvalue weighted by Crippen LogP contribution is 2.19. The number of aromatic nitrogens is 2. The van der Waals surface area contributed by atoms with Crippen LogP contribution in [0.5, 0.6) is 0 Å². The lowest BCUT2D eigenvalue weighted by atomic mass is 10.2. The second kappa shape index (κ2) is 10.5. The third-order valence-corrected chi connectivity index (χ3v) is 3.88. The third kappa shape index (κ3) is 7.04. The van der Waals surface area contributed by atoms with Gasteiger partial charge in [-0.25, -0.2) is 9.67 Å². The van der Waals surface area contributed by atoms with Crippen molar-refractivity contribution < 1.29 is 13.2 Å². The molecule has 2 rings (SSSR count). The largest absolute Gasteiger partial charge is 0.390 e. The summed E-state index contributed by atoms with van der Waals surface area (Å²) in [6.45, 7) is 6.43. The molecule has 0 saturated carbocycles. The SMILES string of the molecule is CCNC(=NCc1c(C)nn(-c2ccccc2)c1C)NCCC(F)(F)F.I. The van der Waals surface area contributed by atoms with Crippen molar-refractivity contribution >= 4 is 29.9 Å². The number of hydrogen-bond acceptors (Lipinski definition) is 2. The Kier molecular flexibility index (Phi) is 9.07. The zero-order chi connectivity index (χ0) is 19.2. The molecule has 2 N–H and O–H groups in total. The lowest BCUT2D eigenvalue weighted by Gasteiger charge is -2.12. The molecule has 0 fully saturated rings. The van der Waals surface area contributed by atoms with Gasteiger partial charge in [-0.15, -0.1) is 24.0 Å². The van der Waals surface area contributed by atoms with Crippen molar-refractivity contribution in [2.75, 3.05) is 13.1 Å². The Morgan fingerprint density at radius 2 is 1.81 bits per heavy atom. The summed E-state index contributed by atoms with van der Waals surface area (Å²) < 4.78 is 38.8. The Morgan fingerprint density at radius 3 is 2.41 bits per heavy atom. The van der Waals surface area contributed by atoms with Crippen molar-refractivity contribution in [1.29, 1.82) is 0 Å². The van der Waals surface area contributed by atoms with Crippen LogP contribution in [0.15, 0.2) is 35.3 Å². The number of nitrogens with zero attached hydrogens (tertiary/aromatic N) is 3. The highest BCUT2D eigenvalue weighted by Gasteiger charge is 2.26. The molecular weight excluding hydrogens is 470 g/mol. The van der Waals surface area contributed by atoms with E-state index in [2.05, 4.69) is 20.7 Å². The monoisotopic (exact) mass is 495 g/mol. The number of guanidine groups is 1. The Hall–Kier alpha value is -1.78. The Labute approximate surface area is 174 Å². The van der Waals surface area contributed by atoms with Crippen molar-refractivity contribution in [1.82, 2.24) is 20.4 Å². The van der Waals surface area contributed by atoms with E-state index in [0.717, 1.165) is 22.6 Å². The van der Waals surface area contributed by atoms with Crippen LogP contribution in [0.4, 0.5) is 13.2 Å². The van der Waals surface area contributed by atoms with E-state index >= 15 is 0 Å². The molecule has 0 atom stereocenters. The van der Waals surface area contributed by atoms with E-state index in [0.29, 0.717) is 19.0 Å². The van der Waals surface area contributed by atoms with Gasteiger partial charge in [-0.1, -0.05) is 18.2 Å². The first kappa shape index (κ1) is 23.3. The molecule has 1 aromatic carbocycles. The summed E-state index contributed by atoms with van der Waals surface area (Å²) in [5, 5.41) is 10.2. The van der Waals surface area contributed by atoms with Crippen LogP contribution >= 0.6 is 24.0 Å². The number of halogens is 4. The molecule has 150 valence electrons. The van der Waals surface area contributed by atoms with Gasteiger partial charge in [0.15, 0.2) is 5.96 Å². The zero-order valence-corrected chi connectivity index (χ0v) is 17.9. The fraction of sp³-hybridized carbons (Fsp3) is 0.444. The summed E-state index contributed by atoms with van der Waals surface area (Å²) in [4.78, 5) is 4.41. The Morgan fingerprint density at radius 1 is 1.15 bits per heavy atom. The first-order chi connectivity index (χ1) is 12.3. The van der Waals surface area contributed by atoms with Crippen molar-refractivity contribution in [2.24, 2.45) is 4.99 Å². The third-order valence-electron chi connectivity index (χ3n) is 3.88. The van der Waals surface area contributed by atoms with Gasteiger partial charge in [0.2, 0.25) is 0 Å². The molecule has 0 radical (unpaired) electrons. The predicted octanol–water partition coefficient (Wildman–Crippen LogP) is 4.11. The van der Waals surface area contributed by atoms with E-state index in [-0.39, 0.29) is 30.5 Å². The van der Waals surface area contributed by atoms with Crippen LogP contribution < -0.4 is 10.6 Å². The summed E-state index contributed by atoms with van der Waals surface area (Å²) in [6.07, 6.45) is -5.09. The first-order valence-corrected chi connectivity index (χ1v) is 8.51. The first-order valence-electron chi connectivity index (χ1n) is 8.51. The molecule has 0 spiro atoms. The predicted molar refractivity (Wildman–Crippen MR) is 112 cm³/mol. The number of aliphatic imine (C=N–C) groups is 1. The maximum absolute atomic E-state index is 12.3. The van der Waals surface area contributed by atoms with Gasteiger partial charge < -0.3 is 10.6 Å². The number of rotatable bonds is 6. The summed E-state index contributed by atoms with van der Waals surface area (Å²) >= 11 is 0. The minimum absolute atomic E-state index is 0. The molecule has 1 heterocycles. The molecule has 0 aliphatic carbocycles. The topological polar surface area (TPSA) is 54.2 Å². The highest BCUT2D eigenvalue weighted by atomic mass is 127. The van der Waals surface area contributed by atoms with Crippen molar-refractivity contribution in [2.45, 2.75) is 39.9 Å². The van der Waals surface area contributed by atoms with Gasteiger partial charge in [-0.3, -0.25) is 0 Å². The molecule has 9 heteroatoms. The molecule has 1 aromatic heterocycles. The van der Waals surface area contributed by atoms with Crippen molar-refractivity contribution in [3.63, 3.8) is 0 Å². The van der Waals surface area contributed by atoms with E-state index in [9.17, 15) is 13.2 Å². The highest BCUT2D eigenvalue weighted by molar-refractivity contribution is 14.0. The zero-order valence-electron chi connectivity index (χ0n) is 15.6. The van der Waals surface area contributed by atoms with Crippen LogP contribution in [0.1, 0.15) is 30.3 Å². The van der Waals surface area contributed by atoms with Gasteiger partial charge >= 0.3 is 6.18 Å². The van der Waals surface area contributed by atoms with Crippen LogP contribution in [0.2, 0.25) is 0 Å². The quantitative estimate of drug-likeness (QED) is 0.361. The van der Waals surface area contributed by atoms with Crippen LogP contribution in [0, 0.1) is 13.8 Å². The molecular formula is C18H25F3IN5. The second-order valence-corrected chi connectivity index (χ2v) is 5.88. The van der Waals surface area contributed by atoms with Gasteiger partial charge in [0, 0.05) is 24.3 Å². The van der Waals surface area contributed by atoms with Gasteiger partial charge in [0.25, 0.3) is 0 Å². The lowest BCUT2D eigenvalue weighted by Crippen LogP contribution is -2.38. The van der Waals surface area contributed by atoms with Gasteiger partial charge in [-0.2, -0.15) is 18.3 Å². The summed E-state index contributed by atoms with van der Waals surface area (Å²) in [5.41, 5.74) is 3.73. The molecule has 2 aromatic rings. The van der Waals surface area contributed by atoms with Gasteiger partial charge in [-0.05, 0) is 32.9 Å². The van der Waals surface area contributed by atoms with Gasteiger partial charge in [0.05, 0.1) is 24.3 Å². The molecule has 5 nitrogen and oxygen atoms in total. The molecule has 0 aliphatic rings. The summed E-state index contributed by atoms with van der Waals surface area (Å²) in [6, 6.07) is 9.76. The maximum atomic E-state index is 12.3. The van der Waals surface area contributed by atoms with Crippen LogP contribution in [0.3, 0.4) is 0 Å². The standard InChI is InChI=1S/C18H24F3N5.HI/c1-4-22-17(23-11-10-18(19,20)21)24-12-16-13(2)25-26(14(16)3)15-8-6-5-7-9-15;/h5-9H,4,10-12H2,1-3H3,(H2,22,23,24);1H. The van der Waals surface area contributed by atoms with Crippen molar-refractivity contribution in [3.8, 4) is 5.69 Å². The van der Waals surface area contributed by atoms with Crippen LogP contribution in [0.25, 0.3) is 5.69 Å². The molecule has 0 unspecified atom stereocenters. The fourth-order valence-electron chi connectivity index (χ4n) is 2.55. The molecule has 0 aliphatic heterocycles. The fourth-order valence-corrected chi connectivity index (χ4v) is 2.55. The van der Waals surface area contributed by atoms with E-state index < -0.39 is 12.6 Å². The van der Waals surface area contributed by atoms with Crippen molar-refractivity contribution in [3.05, 3.63) is 47.3 Å². The molecule has 0 saturated heterocycles. The number of para-hydroxylation sites is 1. The van der Waals surface area contributed by atoms with Crippen LogP contribution in [-0.2, 0) is 6.54 Å². The summed E-state index contributed by atoms with van der Waals surface area (Å²) in [7, 11) is 0.